The van der Waals surface area contributed by atoms with Crippen molar-refractivity contribution in [3.63, 3.8) is 0 Å². The summed E-state index contributed by atoms with van der Waals surface area (Å²) in [5.41, 5.74) is 3.24. The first-order valence-electron chi connectivity index (χ1n) is 13.9. The molecule has 40 heavy (non-hydrogen) atoms. The Kier molecular flexibility index (Phi) is 8.52. The smallest absolute Gasteiger partial charge is 0.416 e. The maximum atomic E-state index is 14.3. The van der Waals surface area contributed by atoms with Gasteiger partial charge >= 0.3 is 6.09 Å². The molecule has 2 aromatic carbocycles. The van der Waals surface area contributed by atoms with Crippen molar-refractivity contribution in [2.24, 2.45) is 0 Å². The standard InChI is InChI=1S/C31H36N2O7/c1-4-14-39-31(36)33-25-19-27(37-16-9-10-21(3)34)20(2)17-23(25)29(35)32-24-12-6-5-11-22(24)18-26(32)30(33)40-28-13-7-8-15-38-28/h4-6,11-12,17,19,26,28,30H,1,7-10,13-16,18H2,2-3H3/t26-,28?,30?/m0/s1. The Morgan fingerprint density at radius 1 is 1.18 bits per heavy atom. The molecule has 3 aliphatic heterocycles. The monoisotopic (exact) mass is 548 g/mol. The minimum Gasteiger partial charge on any atom is -0.493 e. The van der Waals surface area contributed by atoms with Gasteiger partial charge < -0.3 is 28.6 Å². The number of ether oxygens (including phenoxy) is 4. The number of amides is 2. The normalized spacial score (nSPS) is 21.6. The summed E-state index contributed by atoms with van der Waals surface area (Å²) in [6.07, 6.45) is 3.49. The average Bonchev–Trinajstić information content (AvgIpc) is 3.30. The Labute approximate surface area is 234 Å². The first-order chi connectivity index (χ1) is 19.4. The van der Waals surface area contributed by atoms with Crippen LogP contribution in [0.1, 0.15) is 60.5 Å². The van der Waals surface area contributed by atoms with E-state index in [1.807, 2.05) is 31.2 Å². The predicted octanol–water partition coefficient (Wildman–Crippen LogP) is 5.33. The van der Waals surface area contributed by atoms with Gasteiger partial charge in [-0.3, -0.25) is 4.79 Å². The molecule has 0 aliphatic carbocycles. The highest BCUT2D eigenvalue weighted by atomic mass is 16.7. The van der Waals surface area contributed by atoms with Crippen LogP contribution in [0, 0.1) is 6.92 Å². The van der Waals surface area contributed by atoms with Gasteiger partial charge in [0.1, 0.15) is 18.1 Å². The SMILES string of the molecule is C=CCOC(=O)N1c2cc(OCCCC(C)=O)c(C)cc2C(=O)N2c3ccccc3C[C@H]2C1OC1CCCCO1. The molecule has 1 fully saturated rings. The molecule has 0 bridgehead atoms. The van der Waals surface area contributed by atoms with Gasteiger partial charge in [0, 0.05) is 24.8 Å². The highest BCUT2D eigenvalue weighted by molar-refractivity contribution is 6.14. The highest BCUT2D eigenvalue weighted by Crippen LogP contribution is 2.43. The van der Waals surface area contributed by atoms with Gasteiger partial charge in [-0.2, -0.15) is 0 Å². The number of carbonyl (C=O) groups excluding carboxylic acids is 3. The fraction of sp³-hybridized carbons (Fsp3) is 0.452. The lowest BCUT2D eigenvalue weighted by molar-refractivity contribution is -0.190. The lowest BCUT2D eigenvalue weighted by Crippen LogP contribution is -2.55. The predicted molar refractivity (Wildman–Crippen MR) is 150 cm³/mol. The molecule has 2 aromatic rings. The van der Waals surface area contributed by atoms with Crippen molar-refractivity contribution in [3.05, 3.63) is 65.7 Å². The van der Waals surface area contributed by atoms with Crippen LogP contribution in [0.5, 0.6) is 5.75 Å². The molecule has 9 nitrogen and oxygen atoms in total. The van der Waals surface area contributed by atoms with Crippen molar-refractivity contribution in [2.45, 2.75) is 70.9 Å². The van der Waals surface area contributed by atoms with Gasteiger partial charge in [-0.1, -0.05) is 30.9 Å². The van der Waals surface area contributed by atoms with Gasteiger partial charge in [0.05, 0.1) is 23.9 Å². The van der Waals surface area contributed by atoms with Gasteiger partial charge in [0.15, 0.2) is 12.5 Å². The first-order valence-corrected chi connectivity index (χ1v) is 13.9. The van der Waals surface area contributed by atoms with Gasteiger partial charge in [-0.05, 0) is 69.2 Å². The summed E-state index contributed by atoms with van der Waals surface area (Å²) in [6, 6.07) is 10.7. The van der Waals surface area contributed by atoms with Gasteiger partial charge in [0.25, 0.3) is 5.91 Å². The number of anilines is 2. The van der Waals surface area contributed by atoms with Crippen molar-refractivity contribution in [3.8, 4) is 5.75 Å². The van der Waals surface area contributed by atoms with Crippen LogP contribution in [0.25, 0.3) is 0 Å². The molecule has 3 atom stereocenters. The second-order valence-corrected chi connectivity index (χ2v) is 10.4. The number of para-hydroxylation sites is 1. The molecule has 3 heterocycles. The summed E-state index contributed by atoms with van der Waals surface area (Å²) in [7, 11) is 0. The number of benzene rings is 2. The van der Waals surface area contributed by atoms with Gasteiger partial charge in [-0.15, -0.1) is 0 Å². The third-order valence-electron chi connectivity index (χ3n) is 7.48. The van der Waals surface area contributed by atoms with E-state index in [1.165, 1.54) is 11.0 Å². The Morgan fingerprint density at radius 2 is 2.00 bits per heavy atom. The molecule has 0 aromatic heterocycles. The van der Waals surface area contributed by atoms with Gasteiger partial charge in [0.2, 0.25) is 0 Å². The Bertz CT molecular complexity index is 1290. The second kappa shape index (κ2) is 12.2. The van der Waals surface area contributed by atoms with Crippen molar-refractivity contribution in [1.29, 1.82) is 0 Å². The summed E-state index contributed by atoms with van der Waals surface area (Å²) >= 11 is 0. The van der Waals surface area contributed by atoms with Gasteiger partial charge in [-0.25, -0.2) is 9.69 Å². The number of ketones is 1. The van der Waals surface area contributed by atoms with Crippen LogP contribution in [-0.2, 0) is 25.4 Å². The summed E-state index contributed by atoms with van der Waals surface area (Å²) in [4.78, 5) is 42.6. The molecular formula is C31H36N2O7. The van der Waals surface area contributed by atoms with Crippen molar-refractivity contribution >= 4 is 29.2 Å². The minimum absolute atomic E-state index is 0.000132. The number of nitrogens with zero attached hydrogens (tertiary/aromatic N) is 2. The topological polar surface area (TPSA) is 94.6 Å². The quantitative estimate of drug-likeness (QED) is 0.309. The van der Waals surface area contributed by atoms with E-state index in [0.29, 0.717) is 55.9 Å². The molecule has 0 radical (unpaired) electrons. The number of Topliss-reactive ketones (excluding diaryl/α,β-unsaturated/α-hetero) is 1. The Balaban J connectivity index is 1.61. The largest absolute Gasteiger partial charge is 0.493 e. The van der Waals surface area contributed by atoms with Crippen LogP contribution in [0.2, 0.25) is 0 Å². The zero-order chi connectivity index (χ0) is 28.2. The molecule has 5 rings (SSSR count). The molecule has 9 heteroatoms. The highest BCUT2D eigenvalue weighted by Gasteiger charge is 2.49. The fourth-order valence-electron chi connectivity index (χ4n) is 5.58. The van der Waals surface area contributed by atoms with E-state index in [-0.39, 0.29) is 18.3 Å². The van der Waals surface area contributed by atoms with Crippen LogP contribution in [0.3, 0.4) is 0 Å². The van der Waals surface area contributed by atoms with E-state index in [1.54, 1.807) is 24.0 Å². The Hall–Kier alpha value is -3.69. The summed E-state index contributed by atoms with van der Waals surface area (Å²) in [5, 5.41) is 0. The Morgan fingerprint density at radius 3 is 2.75 bits per heavy atom. The maximum absolute atomic E-state index is 14.3. The molecule has 3 aliphatic rings. The molecule has 212 valence electrons. The summed E-state index contributed by atoms with van der Waals surface area (Å²) in [5.74, 6) is 0.384. The second-order valence-electron chi connectivity index (χ2n) is 10.4. The third-order valence-corrected chi connectivity index (χ3v) is 7.48. The van der Waals surface area contributed by atoms with Crippen molar-refractivity contribution in [1.82, 2.24) is 0 Å². The molecule has 2 amide bonds. The molecule has 2 unspecified atom stereocenters. The van der Waals surface area contributed by atoms with Crippen molar-refractivity contribution < 1.29 is 33.3 Å². The minimum atomic E-state index is -0.883. The van der Waals surface area contributed by atoms with E-state index in [9.17, 15) is 14.4 Å². The molecule has 0 spiro atoms. The van der Waals surface area contributed by atoms with Crippen LogP contribution < -0.4 is 14.5 Å². The van der Waals surface area contributed by atoms with Crippen LogP contribution in [0.15, 0.2) is 49.1 Å². The number of hydrogen-bond donors (Lipinski definition) is 0. The molecular weight excluding hydrogens is 512 g/mol. The van der Waals surface area contributed by atoms with E-state index in [0.717, 1.165) is 29.7 Å². The number of rotatable bonds is 9. The summed E-state index contributed by atoms with van der Waals surface area (Å²) < 4.78 is 24.1. The summed E-state index contributed by atoms with van der Waals surface area (Å²) in [6.45, 7) is 7.97. The zero-order valence-electron chi connectivity index (χ0n) is 23.1. The van der Waals surface area contributed by atoms with E-state index in [4.69, 9.17) is 18.9 Å². The fourth-order valence-corrected chi connectivity index (χ4v) is 5.58. The maximum Gasteiger partial charge on any atom is 0.416 e. The van der Waals surface area contributed by atoms with Crippen LogP contribution >= 0.6 is 0 Å². The number of carbonyl (C=O) groups is 3. The van der Waals surface area contributed by atoms with Crippen LogP contribution in [0.4, 0.5) is 16.2 Å². The van der Waals surface area contributed by atoms with E-state index in [2.05, 4.69) is 6.58 Å². The molecule has 0 N–H and O–H groups in total. The number of hydrogen-bond acceptors (Lipinski definition) is 7. The van der Waals surface area contributed by atoms with Crippen LogP contribution in [-0.4, -0.2) is 56.2 Å². The van der Waals surface area contributed by atoms with E-state index < -0.39 is 24.7 Å². The average molecular weight is 549 g/mol. The number of fused-ring (bicyclic) bond motifs is 4. The lowest BCUT2D eigenvalue weighted by atomic mass is 10.1. The molecule has 1 saturated heterocycles. The molecule has 0 saturated carbocycles. The third kappa shape index (κ3) is 5.62. The lowest BCUT2D eigenvalue weighted by Gasteiger charge is -2.38. The number of aryl methyl sites for hydroxylation is 1. The first kappa shape index (κ1) is 27.9. The zero-order valence-corrected chi connectivity index (χ0v) is 23.1. The van der Waals surface area contributed by atoms with E-state index >= 15 is 0 Å². The van der Waals surface area contributed by atoms with Crippen molar-refractivity contribution in [2.75, 3.05) is 29.6 Å².